The molecule has 0 amide bonds. The highest BCUT2D eigenvalue weighted by molar-refractivity contribution is 5.99. The number of nitriles is 1. The van der Waals surface area contributed by atoms with Gasteiger partial charge in [-0.1, -0.05) is 26.3 Å². The molecular formula is C20H24FN3O2. The van der Waals surface area contributed by atoms with Crippen molar-refractivity contribution >= 4 is 5.90 Å². The molecule has 0 aliphatic carbocycles. The number of nitrogens with two attached hydrogens (primary N) is 1. The molecule has 0 bridgehead atoms. The summed E-state index contributed by atoms with van der Waals surface area (Å²) in [6, 6.07) is 6.52. The van der Waals surface area contributed by atoms with Crippen molar-refractivity contribution in [3.8, 4) is 11.8 Å². The first-order valence-corrected chi connectivity index (χ1v) is 8.25. The summed E-state index contributed by atoms with van der Waals surface area (Å²) >= 11 is 0. The maximum atomic E-state index is 14.8. The van der Waals surface area contributed by atoms with E-state index in [2.05, 4.69) is 11.1 Å². The van der Waals surface area contributed by atoms with Crippen LogP contribution in [0.5, 0.6) is 5.75 Å². The predicted molar refractivity (Wildman–Crippen MR) is 99.1 cm³/mol. The molecule has 1 aromatic carbocycles. The maximum Gasteiger partial charge on any atom is 0.220 e. The molecule has 0 fully saturated rings. The minimum Gasteiger partial charge on any atom is -0.497 e. The van der Waals surface area contributed by atoms with E-state index in [4.69, 9.17) is 15.2 Å². The van der Waals surface area contributed by atoms with E-state index in [9.17, 15) is 9.65 Å². The lowest BCUT2D eigenvalue weighted by atomic mass is 9.75. The Balaban J connectivity index is 2.91. The van der Waals surface area contributed by atoms with Crippen molar-refractivity contribution in [2.75, 3.05) is 14.2 Å². The Hall–Kier alpha value is -2.81. The molecule has 0 saturated heterocycles. The van der Waals surface area contributed by atoms with Gasteiger partial charge in [-0.3, -0.25) is 4.99 Å². The van der Waals surface area contributed by atoms with Gasteiger partial charge in [-0.2, -0.15) is 5.26 Å². The Bertz CT molecular complexity index is 855. The first-order valence-electron chi connectivity index (χ1n) is 8.25. The Labute approximate surface area is 153 Å². The van der Waals surface area contributed by atoms with Gasteiger partial charge in [0.25, 0.3) is 0 Å². The lowest BCUT2D eigenvalue weighted by Crippen LogP contribution is -2.30. The third kappa shape index (κ3) is 3.43. The lowest BCUT2D eigenvalue weighted by molar-refractivity contribution is 0.380. The topological polar surface area (TPSA) is 80.6 Å². The number of ether oxygens (including phenoxy) is 2. The molecule has 1 unspecified atom stereocenters. The minimum atomic E-state index is -0.721. The molecule has 6 heteroatoms. The van der Waals surface area contributed by atoms with Gasteiger partial charge in [-0.15, -0.1) is 0 Å². The molecule has 138 valence electrons. The fourth-order valence-electron chi connectivity index (χ4n) is 2.87. The molecule has 0 aromatic heterocycles. The predicted octanol–water partition coefficient (Wildman–Crippen LogP) is 4.03. The lowest BCUT2D eigenvalue weighted by Gasteiger charge is -2.33. The zero-order valence-electron chi connectivity index (χ0n) is 16.0. The van der Waals surface area contributed by atoms with Crippen molar-refractivity contribution in [3.05, 3.63) is 52.2 Å². The number of methoxy groups -OCH3 is 1. The van der Waals surface area contributed by atoms with Gasteiger partial charge >= 0.3 is 0 Å². The zero-order valence-corrected chi connectivity index (χ0v) is 16.0. The van der Waals surface area contributed by atoms with Crippen LogP contribution in [0.25, 0.3) is 0 Å². The van der Waals surface area contributed by atoms with Crippen molar-refractivity contribution in [1.82, 2.24) is 0 Å². The average Bonchev–Trinajstić information content (AvgIpc) is 2.59. The summed E-state index contributed by atoms with van der Waals surface area (Å²) in [4.78, 5) is 4.19. The standard InChI is InChI=1S/C20H24FN3O2/c1-11(20(2,3)4)16-17(13-9-12(25-6)7-8-15(13)21)14(10-22)18(23)26-19(16)24-5/h7-9,17H,23H2,1-6H3/b16-11+,24-19?. The SMILES string of the molecule is CN=C1OC(N)=C(C#N)C(c2cc(OC)ccc2F)/C1=C(/C)C(C)(C)C. The zero-order chi connectivity index (χ0) is 19.6. The molecule has 0 radical (unpaired) electrons. The average molecular weight is 357 g/mol. The first-order chi connectivity index (χ1) is 12.1. The number of nitrogens with zero attached hydrogens (tertiary/aromatic N) is 2. The molecule has 1 atom stereocenters. The van der Waals surface area contributed by atoms with Gasteiger partial charge in [0.05, 0.1) is 13.0 Å². The highest BCUT2D eigenvalue weighted by atomic mass is 19.1. The molecule has 1 heterocycles. The normalized spacial score (nSPS) is 21.3. The highest BCUT2D eigenvalue weighted by Gasteiger charge is 2.38. The van der Waals surface area contributed by atoms with Crippen LogP contribution in [-0.4, -0.2) is 20.1 Å². The van der Waals surface area contributed by atoms with Gasteiger partial charge in [0.2, 0.25) is 11.8 Å². The summed E-state index contributed by atoms with van der Waals surface area (Å²) in [6.45, 7) is 8.05. The number of hydrogen-bond acceptors (Lipinski definition) is 5. The Morgan fingerprint density at radius 1 is 1.38 bits per heavy atom. The van der Waals surface area contributed by atoms with E-state index in [1.807, 2.05) is 27.7 Å². The summed E-state index contributed by atoms with van der Waals surface area (Å²) in [5.74, 6) is -0.451. The number of benzene rings is 1. The monoisotopic (exact) mass is 357 g/mol. The third-order valence-electron chi connectivity index (χ3n) is 4.65. The van der Waals surface area contributed by atoms with Crippen molar-refractivity contribution in [2.45, 2.75) is 33.6 Å². The van der Waals surface area contributed by atoms with Gasteiger partial charge in [-0.05, 0) is 30.5 Å². The maximum absolute atomic E-state index is 14.8. The van der Waals surface area contributed by atoms with Gasteiger partial charge < -0.3 is 15.2 Å². The van der Waals surface area contributed by atoms with Crippen LogP contribution < -0.4 is 10.5 Å². The molecule has 2 rings (SSSR count). The number of rotatable bonds is 2. The van der Waals surface area contributed by atoms with E-state index in [0.29, 0.717) is 22.8 Å². The van der Waals surface area contributed by atoms with Crippen molar-refractivity contribution in [1.29, 1.82) is 5.26 Å². The van der Waals surface area contributed by atoms with Gasteiger partial charge in [0, 0.05) is 18.2 Å². The Kier molecular flexibility index (Phi) is 5.41. The van der Waals surface area contributed by atoms with Gasteiger partial charge in [-0.25, -0.2) is 4.39 Å². The Morgan fingerprint density at radius 2 is 2.04 bits per heavy atom. The summed E-state index contributed by atoms with van der Waals surface area (Å²) in [5, 5.41) is 9.69. The fraction of sp³-hybridized carbons (Fsp3) is 0.400. The second kappa shape index (κ2) is 7.20. The summed E-state index contributed by atoms with van der Waals surface area (Å²) in [7, 11) is 3.08. The molecule has 0 spiro atoms. The molecule has 1 aromatic rings. The van der Waals surface area contributed by atoms with Crippen LogP contribution in [-0.2, 0) is 4.74 Å². The van der Waals surface area contributed by atoms with Gasteiger partial charge in [0.1, 0.15) is 23.2 Å². The van der Waals surface area contributed by atoms with Crippen molar-refractivity contribution < 1.29 is 13.9 Å². The van der Waals surface area contributed by atoms with E-state index >= 15 is 0 Å². The number of halogens is 1. The van der Waals surface area contributed by atoms with Crippen molar-refractivity contribution in [2.24, 2.45) is 16.1 Å². The molecule has 5 nitrogen and oxygen atoms in total. The second-order valence-corrected chi connectivity index (χ2v) is 7.13. The largest absolute Gasteiger partial charge is 0.497 e. The van der Waals surface area contributed by atoms with Crippen molar-refractivity contribution in [3.63, 3.8) is 0 Å². The smallest absolute Gasteiger partial charge is 0.220 e. The van der Waals surface area contributed by atoms with Crippen LogP contribution in [0, 0.1) is 22.6 Å². The van der Waals surface area contributed by atoms with Crippen LogP contribution >= 0.6 is 0 Å². The Morgan fingerprint density at radius 3 is 2.54 bits per heavy atom. The molecule has 1 aliphatic heterocycles. The summed E-state index contributed by atoms with van der Waals surface area (Å²) in [5.41, 5.74) is 7.75. The van der Waals surface area contributed by atoms with Crippen LogP contribution in [0.2, 0.25) is 0 Å². The first kappa shape index (κ1) is 19.5. The molecule has 0 saturated carbocycles. The van der Waals surface area contributed by atoms with Gasteiger partial charge in [0.15, 0.2) is 0 Å². The summed E-state index contributed by atoms with van der Waals surface area (Å²) < 4.78 is 25.6. The fourth-order valence-corrected chi connectivity index (χ4v) is 2.87. The number of allylic oxidation sites excluding steroid dienone is 2. The quantitative estimate of drug-likeness (QED) is 0.866. The van der Waals surface area contributed by atoms with Crippen LogP contribution in [0.3, 0.4) is 0 Å². The second-order valence-electron chi connectivity index (χ2n) is 7.13. The van der Waals surface area contributed by atoms with Crippen LogP contribution in [0.1, 0.15) is 39.2 Å². The molecule has 26 heavy (non-hydrogen) atoms. The van der Waals surface area contributed by atoms with Crippen LogP contribution in [0.15, 0.2) is 45.8 Å². The number of aliphatic imine (C=N–C) groups is 1. The highest BCUT2D eigenvalue weighted by Crippen LogP contribution is 2.44. The van der Waals surface area contributed by atoms with E-state index in [1.54, 1.807) is 13.1 Å². The minimum absolute atomic E-state index is 0.0641. The van der Waals surface area contributed by atoms with Crippen LogP contribution in [0.4, 0.5) is 4.39 Å². The van der Waals surface area contributed by atoms with E-state index < -0.39 is 11.7 Å². The van der Waals surface area contributed by atoms with E-state index in [1.165, 1.54) is 19.2 Å². The molecule has 2 N–H and O–H groups in total. The number of hydrogen-bond donors (Lipinski definition) is 1. The molecule has 1 aliphatic rings. The summed E-state index contributed by atoms with van der Waals surface area (Å²) in [6.07, 6.45) is 0. The van der Waals surface area contributed by atoms with E-state index in [0.717, 1.165) is 5.57 Å². The third-order valence-corrected chi connectivity index (χ3v) is 4.65. The van der Waals surface area contributed by atoms with E-state index in [-0.39, 0.29) is 16.9 Å². The molecular weight excluding hydrogens is 333 g/mol.